The number of rotatable bonds is 4. The van der Waals surface area contributed by atoms with E-state index in [0.717, 1.165) is 11.3 Å². The fraction of sp³-hybridized carbons (Fsp3) is 0.167. The maximum atomic E-state index is 13.6. The molecule has 1 atom stereocenters. The van der Waals surface area contributed by atoms with Gasteiger partial charge in [-0.2, -0.15) is 0 Å². The minimum atomic E-state index is -2.04. The fourth-order valence-corrected chi connectivity index (χ4v) is 4.15. The summed E-state index contributed by atoms with van der Waals surface area (Å²) in [7, 11) is 1.59. The molecule has 0 radical (unpaired) electrons. The van der Waals surface area contributed by atoms with Gasteiger partial charge >= 0.3 is 0 Å². The molecule has 1 aliphatic rings. The number of ether oxygens (including phenoxy) is 1. The maximum Gasteiger partial charge on any atom is 0.268 e. The monoisotopic (exact) mass is 416 g/mol. The number of aromatic hydroxyl groups is 1. The molecule has 156 valence electrons. The van der Waals surface area contributed by atoms with Crippen LogP contribution in [-0.4, -0.2) is 28.4 Å². The van der Waals surface area contributed by atoms with Crippen LogP contribution in [0.15, 0.2) is 65.2 Å². The number of methoxy groups -OCH3 is 1. The number of anilines is 1. The van der Waals surface area contributed by atoms with Gasteiger partial charge in [0, 0.05) is 22.6 Å². The van der Waals surface area contributed by atoms with Gasteiger partial charge in [-0.25, -0.2) is 0 Å². The Morgan fingerprint density at radius 3 is 2.58 bits per heavy atom. The third-order valence-electron chi connectivity index (χ3n) is 5.80. The number of benzene rings is 3. The highest BCUT2D eigenvalue weighted by atomic mass is 16.5. The van der Waals surface area contributed by atoms with Gasteiger partial charge in [0.15, 0.2) is 11.2 Å². The maximum absolute atomic E-state index is 13.6. The zero-order chi connectivity index (χ0) is 21.8. The van der Waals surface area contributed by atoms with Crippen molar-refractivity contribution in [1.29, 1.82) is 0 Å². The molecule has 0 aliphatic carbocycles. The largest absolute Gasteiger partial charge is 0.507 e. The molecule has 31 heavy (non-hydrogen) atoms. The Bertz CT molecular complexity index is 1310. The lowest BCUT2D eigenvalue weighted by molar-refractivity contribution is -0.132. The first-order valence-corrected chi connectivity index (χ1v) is 9.79. The molecule has 2 N–H and O–H groups in total. The topological polar surface area (TPSA) is 96.0 Å². The van der Waals surface area contributed by atoms with Gasteiger partial charge in [-0.1, -0.05) is 35.5 Å². The summed E-state index contributed by atoms with van der Waals surface area (Å²) in [5.41, 5.74) is 0.934. The summed E-state index contributed by atoms with van der Waals surface area (Å²) in [4.78, 5) is 15.2. The van der Waals surface area contributed by atoms with Gasteiger partial charge in [-0.05, 0) is 36.8 Å². The number of carbonyl (C=O) groups is 1. The predicted molar refractivity (Wildman–Crippen MR) is 114 cm³/mol. The summed E-state index contributed by atoms with van der Waals surface area (Å²) < 4.78 is 10.4. The number of aromatic nitrogens is 1. The van der Waals surface area contributed by atoms with Gasteiger partial charge < -0.3 is 24.4 Å². The lowest BCUT2D eigenvalue weighted by Crippen LogP contribution is -2.41. The van der Waals surface area contributed by atoms with Gasteiger partial charge in [-0.3, -0.25) is 4.79 Å². The number of hydrogen-bond acceptors (Lipinski definition) is 6. The van der Waals surface area contributed by atoms with E-state index in [2.05, 4.69) is 5.16 Å². The van der Waals surface area contributed by atoms with Gasteiger partial charge in [0.2, 0.25) is 0 Å². The van der Waals surface area contributed by atoms with Crippen LogP contribution in [-0.2, 0) is 16.9 Å². The van der Waals surface area contributed by atoms with Crippen LogP contribution in [0.4, 0.5) is 5.69 Å². The first kappa shape index (κ1) is 19.1. The lowest BCUT2D eigenvalue weighted by atomic mass is 9.86. The van der Waals surface area contributed by atoms with Crippen LogP contribution >= 0.6 is 0 Å². The van der Waals surface area contributed by atoms with E-state index in [9.17, 15) is 15.0 Å². The third kappa shape index (κ3) is 2.78. The molecule has 1 amide bonds. The summed E-state index contributed by atoms with van der Waals surface area (Å²) in [5.74, 6) is -0.0513. The molecule has 1 unspecified atom stereocenters. The molecule has 7 nitrogen and oxygen atoms in total. The van der Waals surface area contributed by atoms with Crippen molar-refractivity contribution in [2.75, 3.05) is 12.0 Å². The molecular formula is C24H20N2O5. The van der Waals surface area contributed by atoms with E-state index in [1.54, 1.807) is 38.3 Å². The molecule has 0 saturated heterocycles. The number of fused-ring (bicyclic) bond motifs is 2. The molecule has 1 aromatic heterocycles. The molecule has 7 heteroatoms. The van der Waals surface area contributed by atoms with Crippen LogP contribution in [0, 0.1) is 6.92 Å². The highest BCUT2D eigenvalue weighted by molar-refractivity contribution is 6.09. The molecule has 0 saturated carbocycles. The Labute approximate surface area is 178 Å². The molecule has 4 aromatic rings. The number of nitrogens with zero attached hydrogens (tertiary/aromatic N) is 2. The van der Waals surface area contributed by atoms with Crippen LogP contribution < -0.4 is 9.64 Å². The van der Waals surface area contributed by atoms with Gasteiger partial charge in [0.05, 0.1) is 25.0 Å². The average molecular weight is 416 g/mol. The van der Waals surface area contributed by atoms with Gasteiger partial charge in [0.1, 0.15) is 11.5 Å². The van der Waals surface area contributed by atoms with Crippen molar-refractivity contribution in [2.24, 2.45) is 0 Å². The van der Waals surface area contributed by atoms with Crippen LogP contribution in [0.3, 0.4) is 0 Å². The minimum Gasteiger partial charge on any atom is -0.507 e. The number of phenols is 1. The molecule has 2 heterocycles. The average Bonchev–Trinajstić information content (AvgIpc) is 3.25. The minimum absolute atomic E-state index is 0.0981. The van der Waals surface area contributed by atoms with E-state index in [-0.39, 0.29) is 17.9 Å². The second-order valence-corrected chi connectivity index (χ2v) is 7.60. The molecule has 0 fully saturated rings. The van der Waals surface area contributed by atoms with Crippen molar-refractivity contribution >= 4 is 22.6 Å². The number of hydrogen-bond donors (Lipinski definition) is 2. The van der Waals surface area contributed by atoms with E-state index in [0.29, 0.717) is 27.9 Å². The lowest BCUT2D eigenvalue weighted by Gasteiger charge is -2.24. The Morgan fingerprint density at radius 2 is 1.84 bits per heavy atom. The first-order valence-electron chi connectivity index (χ1n) is 9.79. The molecule has 0 spiro atoms. The highest BCUT2D eigenvalue weighted by Gasteiger charge is 2.52. The molecular weight excluding hydrogens is 396 g/mol. The normalized spacial score (nSPS) is 17.9. The summed E-state index contributed by atoms with van der Waals surface area (Å²) in [6, 6.07) is 17.4. The van der Waals surface area contributed by atoms with Crippen molar-refractivity contribution in [3.8, 4) is 11.5 Å². The number of aliphatic hydroxyl groups is 1. The predicted octanol–water partition coefficient (Wildman–Crippen LogP) is 3.63. The highest BCUT2D eigenvalue weighted by Crippen LogP contribution is 2.48. The standard InChI is InChI=1S/C24H20N2O5/c1-14-17-11-19(21(27)12-22(17)31-25-14)24(29)18-5-3-4-6-20(18)26(23(24)28)13-15-7-9-16(30-2)10-8-15/h3-12,27,29H,13H2,1-2H3. The van der Waals surface area contributed by atoms with Crippen molar-refractivity contribution in [3.63, 3.8) is 0 Å². The second-order valence-electron chi connectivity index (χ2n) is 7.60. The van der Waals surface area contributed by atoms with E-state index in [4.69, 9.17) is 9.26 Å². The number of amides is 1. The zero-order valence-electron chi connectivity index (χ0n) is 17.0. The zero-order valence-corrected chi connectivity index (χ0v) is 17.0. The number of phenolic OH excluding ortho intramolecular Hbond substituents is 1. The van der Waals surface area contributed by atoms with Crippen molar-refractivity contribution < 1.29 is 24.3 Å². The van der Waals surface area contributed by atoms with Crippen LogP contribution in [0.5, 0.6) is 11.5 Å². The Balaban J connectivity index is 1.63. The Hall–Kier alpha value is -3.84. The third-order valence-corrected chi connectivity index (χ3v) is 5.80. The summed E-state index contributed by atoms with van der Waals surface area (Å²) in [5, 5.41) is 27.0. The van der Waals surface area contributed by atoms with E-state index in [1.807, 2.05) is 30.3 Å². The van der Waals surface area contributed by atoms with E-state index in [1.165, 1.54) is 11.0 Å². The number of carbonyl (C=O) groups excluding carboxylic acids is 1. The van der Waals surface area contributed by atoms with Crippen molar-refractivity contribution in [3.05, 3.63) is 83.0 Å². The molecule has 0 bridgehead atoms. The molecule has 1 aliphatic heterocycles. The van der Waals surface area contributed by atoms with Crippen LogP contribution in [0.1, 0.15) is 22.4 Å². The van der Waals surface area contributed by atoms with Crippen molar-refractivity contribution in [1.82, 2.24) is 5.16 Å². The first-order chi connectivity index (χ1) is 14.9. The van der Waals surface area contributed by atoms with Crippen molar-refractivity contribution in [2.45, 2.75) is 19.1 Å². The second kappa shape index (κ2) is 6.85. The molecule has 5 rings (SSSR count). The Kier molecular flexibility index (Phi) is 4.23. The van der Waals surface area contributed by atoms with Gasteiger partial charge in [0.25, 0.3) is 5.91 Å². The summed E-state index contributed by atoms with van der Waals surface area (Å²) in [6.45, 7) is 2.02. The van der Waals surface area contributed by atoms with Gasteiger partial charge in [-0.15, -0.1) is 0 Å². The quantitative estimate of drug-likeness (QED) is 0.527. The van der Waals surface area contributed by atoms with Crippen LogP contribution in [0.25, 0.3) is 11.0 Å². The summed E-state index contributed by atoms with van der Waals surface area (Å²) in [6.07, 6.45) is 0. The fourth-order valence-electron chi connectivity index (χ4n) is 4.15. The van der Waals surface area contributed by atoms with E-state index < -0.39 is 11.5 Å². The number of aryl methyl sites for hydroxylation is 1. The van der Waals surface area contributed by atoms with E-state index >= 15 is 0 Å². The Morgan fingerprint density at radius 1 is 1.10 bits per heavy atom. The smallest absolute Gasteiger partial charge is 0.268 e. The molecule has 3 aromatic carbocycles. The number of para-hydroxylation sites is 1. The SMILES string of the molecule is COc1ccc(CN2C(=O)C(O)(c3cc4c(C)noc4cc3O)c3ccccc32)cc1. The summed E-state index contributed by atoms with van der Waals surface area (Å²) >= 11 is 0. The van der Waals surface area contributed by atoms with Crippen LogP contribution in [0.2, 0.25) is 0 Å².